The van der Waals surface area contributed by atoms with E-state index in [9.17, 15) is 0 Å². The van der Waals surface area contributed by atoms with Crippen LogP contribution in [0.15, 0.2) is 212 Å². The number of hydrogen-bond donors (Lipinski definition) is 0. The second-order valence-corrected chi connectivity index (χ2v) is 16.6. The maximum absolute atomic E-state index is 5.54. The van der Waals surface area contributed by atoms with E-state index in [1.54, 1.807) is 0 Å². The molecule has 5 nitrogen and oxygen atoms in total. The first kappa shape index (κ1) is 34.2. The first-order valence-corrected chi connectivity index (χ1v) is 21.5. The highest BCUT2D eigenvalue weighted by molar-refractivity contribution is 6.22. The molecule has 0 aliphatic heterocycles. The molecule has 0 atom stereocenters. The van der Waals surface area contributed by atoms with Gasteiger partial charge in [-0.15, -0.1) is 0 Å². The molecule has 10 aromatic carbocycles. The van der Waals surface area contributed by atoms with E-state index < -0.39 is 0 Å². The van der Waals surface area contributed by atoms with Crippen molar-refractivity contribution in [2.75, 3.05) is 0 Å². The van der Waals surface area contributed by atoms with Crippen molar-refractivity contribution >= 4 is 97.9 Å². The van der Waals surface area contributed by atoms with Gasteiger partial charge in [0.05, 0.1) is 44.3 Å². The van der Waals surface area contributed by atoms with Crippen LogP contribution in [0.3, 0.4) is 0 Å². The summed E-state index contributed by atoms with van der Waals surface area (Å²) in [7, 11) is 0. The van der Waals surface area contributed by atoms with Crippen LogP contribution in [0, 0.1) is 0 Å². The van der Waals surface area contributed by atoms with Crippen LogP contribution in [0.25, 0.3) is 126 Å². The summed E-state index contributed by atoms with van der Waals surface area (Å²) in [6, 6.07) is 76.6. The van der Waals surface area contributed by atoms with Crippen LogP contribution >= 0.6 is 0 Å². The molecule has 5 heteroatoms. The van der Waals surface area contributed by atoms with Crippen LogP contribution in [-0.2, 0) is 0 Å². The van der Waals surface area contributed by atoms with Gasteiger partial charge in [-0.05, 0) is 101 Å². The largest absolute Gasteiger partial charge is 0.309 e. The molecule has 63 heavy (non-hydrogen) atoms. The van der Waals surface area contributed by atoms with Gasteiger partial charge in [-0.25, -0.2) is 9.97 Å². The molecule has 0 aliphatic rings. The van der Waals surface area contributed by atoms with Crippen molar-refractivity contribution in [3.63, 3.8) is 0 Å². The molecule has 0 fully saturated rings. The molecule has 0 N–H and O–H groups in total. The molecule has 14 rings (SSSR count). The average molecular weight is 802 g/mol. The van der Waals surface area contributed by atoms with E-state index in [0.717, 1.165) is 55.6 Å². The number of nitrogens with zero attached hydrogens (tertiary/aromatic N) is 5. The van der Waals surface area contributed by atoms with E-state index in [1.165, 1.54) is 65.0 Å². The van der Waals surface area contributed by atoms with E-state index in [-0.39, 0.29) is 0 Å². The Labute approximate surface area is 360 Å². The predicted molar refractivity (Wildman–Crippen MR) is 263 cm³/mol. The Balaban J connectivity index is 1.02. The van der Waals surface area contributed by atoms with Gasteiger partial charge >= 0.3 is 0 Å². The molecule has 292 valence electrons. The molecular formula is C58H35N5. The summed E-state index contributed by atoms with van der Waals surface area (Å²) < 4.78 is 7.16. The standard InChI is InChI=1S/C58H35N5/c1-2-17-39(18-3-1)61-49-25-11-7-20-41(49)46-33-38(30-31-53(46)61)57-59-48-24-10-6-22-43(48)58(60-57)63-50-26-12-8-21-42(50)47-35-45-37(34-55(47)63)16-14-28-52(45)62-51-27-13-9-23-44(51)56-40-19-5-4-15-36(40)29-32-54(56)62/h1-35H. The van der Waals surface area contributed by atoms with Crippen molar-refractivity contribution in [1.29, 1.82) is 0 Å². The number of fused-ring (bicyclic) bond motifs is 13. The Hall–Kier alpha value is -8.54. The Morgan fingerprint density at radius 2 is 0.905 bits per heavy atom. The molecular weight excluding hydrogens is 767 g/mol. The minimum Gasteiger partial charge on any atom is -0.309 e. The Morgan fingerprint density at radius 1 is 0.302 bits per heavy atom. The molecule has 0 unspecified atom stereocenters. The lowest BCUT2D eigenvalue weighted by Gasteiger charge is -2.14. The van der Waals surface area contributed by atoms with Gasteiger partial charge in [-0.3, -0.25) is 4.57 Å². The zero-order valence-electron chi connectivity index (χ0n) is 33.9. The number of hydrogen-bond acceptors (Lipinski definition) is 2. The normalized spacial score (nSPS) is 12.1. The summed E-state index contributed by atoms with van der Waals surface area (Å²) in [5.74, 6) is 1.55. The highest BCUT2D eigenvalue weighted by atomic mass is 15.1. The maximum atomic E-state index is 5.54. The minimum atomic E-state index is 0.690. The number of benzene rings is 10. The van der Waals surface area contributed by atoms with Gasteiger partial charge in [0.25, 0.3) is 0 Å². The van der Waals surface area contributed by atoms with Crippen LogP contribution < -0.4 is 0 Å². The molecule has 14 aromatic rings. The fourth-order valence-corrected chi connectivity index (χ4v) is 10.5. The van der Waals surface area contributed by atoms with Crippen LogP contribution in [0.2, 0.25) is 0 Å². The quantitative estimate of drug-likeness (QED) is 0.178. The van der Waals surface area contributed by atoms with Gasteiger partial charge in [-0.1, -0.05) is 127 Å². The van der Waals surface area contributed by atoms with E-state index >= 15 is 0 Å². The van der Waals surface area contributed by atoms with Gasteiger partial charge in [0.1, 0.15) is 5.82 Å². The average Bonchev–Trinajstić information content (AvgIpc) is 3.98. The van der Waals surface area contributed by atoms with E-state index in [0.29, 0.717) is 5.82 Å². The molecule has 0 saturated heterocycles. The van der Waals surface area contributed by atoms with Crippen LogP contribution in [0.4, 0.5) is 0 Å². The maximum Gasteiger partial charge on any atom is 0.162 e. The monoisotopic (exact) mass is 801 g/mol. The second-order valence-electron chi connectivity index (χ2n) is 16.6. The van der Waals surface area contributed by atoms with Crippen LogP contribution in [0.5, 0.6) is 0 Å². The number of rotatable bonds is 4. The van der Waals surface area contributed by atoms with Gasteiger partial charge in [-0.2, -0.15) is 0 Å². The molecule has 4 heterocycles. The number of aromatic nitrogens is 5. The smallest absolute Gasteiger partial charge is 0.162 e. The van der Waals surface area contributed by atoms with Crippen LogP contribution in [0.1, 0.15) is 0 Å². The minimum absolute atomic E-state index is 0.690. The third-order valence-corrected chi connectivity index (χ3v) is 13.2. The highest BCUT2D eigenvalue weighted by Crippen LogP contribution is 2.42. The molecule has 4 aromatic heterocycles. The zero-order valence-corrected chi connectivity index (χ0v) is 33.9. The molecule has 0 bridgehead atoms. The van der Waals surface area contributed by atoms with E-state index in [2.05, 4.69) is 226 Å². The van der Waals surface area contributed by atoms with E-state index in [1.807, 2.05) is 0 Å². The Bertz CT molecular complexity index is 4210. The summed E-state index contributed by atoms with van der Waals surface area (Å²) in [5.41, 5.74) is 11.1. The second kappa shape index (κ2) is 13.0. The Kier molecular flexibility index (Phi) is 7.05. The van der Waals surface area contributed by atoms with Crippen molar-refractivity contribution in [1.82, 2.24) is 23.7 Å². The van der Waals surface area contributed by atoms with Crippen LogP contribution in [-0.4, -0.2) is 23.7 Å². The zero-order chi connectivity index (χ0) is 41.2. The van der Waals surface area contributed by atoms with Gasteiger partial charge in [0.2, 0.25) is 0 Å². The fraction of sp³-hybridized carbons (Fsp3) is 0. The molecule has 0 saturated carbocycles. The van der Waals surface area contributed by atoms with Crippen molar-refractivity contribution in [2.45, 2.75) is 0 Å². The molecule has 0 amide bonds. The third-order valence-electron chi connectivity index (χ3n) is 13.2. The predicted octanol–water partition coefficient (Wildman–Crippen LogP) is 14.9. The lowest BCUT2D eigenvalue weighted by Crippen LogP contribution is -2.03. The summed E-state index contributed by atoms with van der Waals surface area (Å²) in [4.78, 5) is 10.8. The van der Waals surface area contributed by atoms with Crippen molar-refractivity contribution in [2.24, 2.45) is 0 Å². The summed E-state index contributed by atoms with van der Waals surface area (Å²) >= 11 is 0. The SMILES string of the molecule is c1ccc(-n2c3ccccc3c3cc(-c4nc(-n5c6ccccc6c6cc7c(-n8c9ccccc9c9c%10ccccc%10ccc98)cccc7cc65)c5ccccc5n4)ccc32)cc1. The van der Waals surface area contributed by atoms with Crippen molar-refractivity contribution in [3.05, 3.63) is 212 Å². The lowest BCUT2D eigenvalue weighted by molar-refractivity contribution is 1.08. The topological polar surface area (TPSA) is 40.6 Å². The van der Waals surface area contributed by atoms with Gasteiger partial charge in [0, 0.05) is 54.3 Å². The van der Waals surface area contributed by atoms with Gasteiger partial charge in [0.15, 0.2) is 5.82 Å². The number of para-hydroxylation sites is 5. The third kappa shape index (κ3) is 4.87. The first-order chi connectivity index (χ1) is 31.3. The fourth-order valence-electron chi connectivity index (χ4n) is 10.5. The summed E-state index contributed by atoms with van der Waals surface area (Å²) in [6.45, 7) is 0. The van der Waals surface area contributed by atoms with Crippen molar-refractivity contribution < 1.29 is 0 Å². The summed E-state index contributed by atoms with van der Waals surface area (Å²) in [5, 5.41) is 13.1. The van der Waals surface area contributed by atoms with Gasteiger partial charge < -0.3 is 9.13 Å². The highest BCUT2D eigenvalue weighted by Gasteiger charge is 2.22. The molecule has 0 radical (unpaired) electrons. The Morgan fingerprint density at radius 3 is 1.71 bits per heavy atom. The van der Waals surface area contributed by atoms with E-state index in [4.69, 9.17) is 9.97 Å². The molecule has 0 spiro atoms. The van der Waals surface area contributed by atoms with Crippen molar-refractivity contribution in [3.8, 4) is 28.6 Å². The summed E-state index contributed by atoms with van der Waals surface area (Å²) in [6.07, 6.45) is 0. The lowest BCUT2D eigenvalue weighted by atomic mass is 10.0. The first-order valence-electron chi connectivity index (χ1n) is 21.5. The molecule has 0 aliphatic carbocycles.